The number of aliphatic hydroxyl groups excluding tert-OH is 3. The fourth-order valence-corrected chi connectivity index (χ4v) is 3.60. The fourth-order valence-electron chi connectivity index (χ4n) is 3.60. The Bertz CT molecular complexity index is 242. The molecular weight excluding hydrogens is 228 g/mol. The minimum Gasteiger partial charge on any atom is -0.396 e. The van der Waals surface area contributed by atoms with Gasteiger partial charge < -0.3 is 15.3 Å². The lowest BCUT2D eigenvalue weighted by molar-refractivity contribution is -0.0734. The van der Waals surface area contributed by atoms with Crippen molar-refractivity contribution in [1.29, 1.82) is 0 Å². The third-order valence-electron chi connectivity index (χ3n) is 4.84. The molecule has 3 N–H and O–H groups in total. The molecule has 3 heteroatoms. The average molecular weight is 258 g/mol. The Kier molecular flexibility index (Phi) is 6.09. The summed E-state index contributed by atoms with van der Waals surface area (Å²) in [6.07, 6.45) is 4.25. The monoisotopic (exact) mass is 258 g/mol. The van der Waals surface area contributed by atoms with Crippen LogP contribution in [0.3, 0.4) is 0 Å². The lowest BCUT2D eigenvalue weighted by Gasteiger charge is -2.47. The van der Waals surface area contributed by atoms with Gasteiger partial charge in [-0.15, -0.1) is 0 Å². The Balaban J connectivity index is 2.71. The molecule has 0 heterocycles. The smallest absolute Gasteiger partial charge is 0.0623 e. The maximum Gasteiger partial charge on any atom is 0.0623 e. The molecule has 0 radical (unpaired) electrons. The molecule has 0 aliphatic heterocycles. The summed E-state index contributed by atoms with van der Waals surface area (Å²) in [5.41, 5.74) is -0.0475. The van der Waals surface area contributed by atoms with E-state index in [0.717, 1.165) is 12.8 Å². The quantitative estimate of drug-likeness (QED) is 0.685. The molecule has 0 saturated heterocycles. The first-order valence-electron chi connectivity index (χ1n) is 7.39. The summed E-state index contributed by atoms with van der Waals surface area (Å²) in [5, 5.41) is 29.2. The second-order valence-corrected chi connectivity index (χ2v) is 6.51. The van der Waals surface area contributed by atoms with E-state index in [1.165, 1.54) is 12.8 Å². The van der Waals surface area contributed by atoms with Gasteiger partial charge in [0.25, 0.3) is 0 Å². The van der Waals surface area contributed by atoms with Gasteiger partial charge >= 0.3 is 0 Å². The average Bonchev–Trinajstić information content (AvgIpc) is 2.28. The standard InChI is InChI=1S/C15H30O3/c1-11(2)15(7-4-5-12(3)10-15)14(18)9-13(17)6-8-16/h11-14,16-18H,4-10H2,1-3H3. The summed E-state index contributed by atoms with van der Waals surface area (Å²) in [6.45, 7) is 6.60. The molecule has 108 valence electrons. The van der Waals surface area contributed by atoms with Crippen molar-refractivity contribution >= 4 is 0 Å². The number of rotatable bonds is 6. The first kappa shape index (κ1) is 15.9. The topological polar surface area (TPSA) is 60.7 Å². The van der Waals surface area contributed by atoms with Crippen molar-refractivity contribution in [3.05, 3.63) is 0 Å². The van der Waals surface area contributed by atoms with Crippen LogP contribution in [-0.4, -0.2) is 34.1 Å². The van der Waals surface area contributed by atoms with Gasteiger partial charge in [-0.1, -0.05) is 33.6 Å². The largest absolute Gasteiger partial charge is 0.396 e. The summed E-state index contributed by atoms with van der Waals surface area (Å²) >= 11 is 0. The van der Waals surface area contributed by atoms with Gasteiger partial charge in [-0.2, -0.15) is 0 Å². The van der Waals surface area contributed by atoms with Gasteiger partial charge in [-0.25, -0.2) is 0 Å². The van der Waals surface area contributed by atoms with Crippen LogP contribution in [-0.2, 0) is 0 Å². The summed E-state index contributed by atoms with van der Waals surface area (Å²) < 4.78 is 0. The third kappa shape index (κ3) is 3.69. The van der Waals surface area contributed by atoms with Gasteiger partial charge in [0.05, 0.1) is 12.2 Å². The first-order chi connectivity index (χ1) is 8.42. The summed E-state index contributed by atoms with van der Waals surface area (Å²) in [7, 11) is 0. The van der Waals surface area contributed by atoms with Crippen LogP contribution in [0.1, 0.15) is 59.3 Å². The highest BCUT2D eigenvalue weighted by Gasteiger charge is 2.43. The lowest BCUT2D eigenvalue weighted by Crippen LogP contribution is -2.45. The molecule has 1 rings (SSSR count). The maximum atomic E-state index is 10.6. The summed E-state index contributed by atoms with van der Waals surface area (Å²) in [5.74, 6) is 1.09. The first-order valence-corrected chi connectivity index (χ1v) is 7.39. The Hall–Kier alpha value is -0.120. The molecule has 1 aliphatic rings. The van der Waals surface area contributed by atoms with Crippen LogP contribution in [0.2, 0.25) is 0 Å². The van der Waals surface area contributed by atoms with Crippen molar-refractivity contribution in [2.45, 2.75) is 71.5 Å². The zero-order chi connectivity index (χ0) is 13.8. The van der Waals surface area contributed by atoms with E-state index in [0.29, 0.717) is 24.7 Å². The van der Waals surface area contributed by atoms with E-state index in [4.69, 9.17) is 5.11 Å². The molecular formula is C15H30O3. The molecule has 3 nitrogen and oxygen atoms in total. The molecule has 4 atom stereocenters. The van der Waals surface area contributed by atoms with E-state index in [1.54, 1.807) is 0 Å². The van der Waals surface area contributed by atoms with E-state index >= 15 is 0 Å². The van der Waals surface area contributed by atoms with Gasteiger partial charge in [-0.3, -0.25) is 0 Å². The predicted molar refractivity (Wildman–Crippen MR) is 73.2 cm³/mol. The highest BCUT2D eigenvalue weighted by atomic mass is 16.3. The van der Waals surface area contributed by atoms with Crippen LogP contribution in [0.15, 0.2) is 0 Å². The molecule has 1 aliphatic carbocycles. The number of hydrogen-bond donors (Lipinski definition) is 3. The van der Waals surface area contributed by atoms with Crippen LogP contribution >= 0.6 is 0 Å². The Morgan fingerprint density at radius 1 is 1.28 bits per heavy atom. The number of hydrogen-bond acceptors (Lipinski definition) is 3. The Morgan fingerprint density at radius 3 is 2.44 bits per heavy atom. The molecule has 1 saturated carbocycles. The van der Waals surface area contributed by atoms with E-state index < -0.39 is 12.2 Å². The van der Waals surface area contributed by atoms with Gasteiger partial charge in [0, 0.05) is 6.61 Å². The lowest BCUT2D eigenvalue weighted by atomic mass is 9.60. The third-order valence-corrected chi connectivity index (χ3v) is 4.84. The fraction of sp³-hybridized carbons (Fsp3) is 1.00. The van der Waals surface area contributed by atoms with Crippen molar-refractivity contribution in [3.8, 4) is 0 Å². The normalized spacial score (nSPS) is 32.5. The Labute approximate surface area is 111 Å². The van der Waals surface area contributed by atoms with E-state index in [9.17, 15) is 10.2 Å². The van der Waals surface area contributed by atoms with Gasteiger partial charge in [0.2, 0.25) is 0 Å². The molecule has 4 unspecified atom stereocenters. The SMILES string of the molecule is CC1CCCC(C(C)C)(C(O)CC(O)CCO)C1. The molecule has 0 spiro atoms. The second kappa shape index (κ2) is 6.88. The van der Waals surface area contributed by atoms with Crippen LogP contribution in [0.4, 0.5) is 0 Å². The van der Waals surface area contributed by atoms with Crippen molar-refractivity contribution in [2.24, 2.45) is 17.3 Å². The van der Waals surface area contributed by atoms with E-state index in [-0.39, 0.29) is 12.0 Å². The van der Waals surface area contributed by atoms with E-state index in [1.807, 2.05) is 0 Å². The van der Waals surface area contributed by atoms with E-state index in [2.05, 4.69) is 20.8 Å². The second-order valence-electron chi connectivity index (χ2n) is 6.51. The van der Waals surface area contributed by atoms with Crippen molar-refractivity contribution < 1.29 is 15.3 Å². The minimum atomic E-state index is -0.585. The van der Waals surface area contributed by atoms with Gasteiger partial charge in [0.15, 0.2) is 0 Å². The molecule has 1 fully saturated rings. The summed E-state index contributed by atoms with van der Waals surface area (Å²) in [6, 6.07) is 0. The highest BCUT2D eigenvalue weighted by Crippen LogP contribution is 2.48. The number of aliphatic hydroxyl groups is 3. The van der Waals surface area contributed by atoms with Crippen LogP contribution in [0.25, 0.3) is 0 Å². The Morgan fingerprint density at radius 2 is 1.94 bits per heavy atom. The summed E-state index contributed by atoms with van der Waals surface area (Å²) in [4.78, 5) is 0. The van der Waals surface area contributed by atoms with Crippen molar-refractivity contribution in [1.82, 2.24) is 0 Å². The zero-order valence-corrected chi connectivity index (χ0v) is 12.1. The van der Waals surface area contributed by atoms with Gasteiger partial charge in [0.1, 0.15) is 0 Å². The van der Waals surface area contributed by atoms with Crippen LogP contribution in [0, 0.1) is 17.3 Å². The molecule has 18 heavy (non-hydrogen) atoms. The maximum absolute atomic E-state index is 10.6. The van der Waals surface area contributed by atoms with Crippen LogP contribution in [0.5, 0.6) is 0 Å². The predicted octanol–water partition coefficient (Wildman–Crippen LogP) is 2.33. The molecule has 0 aromatic carbocycles. The minimum absolute atomic E-state index is 0.0149. The van der Waals surface area contributed by atoms with Crippen molar-refractivity contribution in [3.63, 3.8) is 0 Å². The molecule has 0 aromatic heterocycles. The zero-order valence-electron chi connectivity index (χ0n) is 12.1. The van der Waals surface area contributed by atoms with Crippen LogP contribution < -0.4 is 0 Å². The molecule has 0 aromatic rings. The van der Waals surface area contributed by atoms with Gasteiger partial charge in [-0.05, 0) is 42.9 Å². The molecule has 0 bridgehead atoms. The van der Waals surface area contributed by atoms with Crippen molar-refractivity contribution in [2.75, 3.05) is 6.61 Å². The molecule has 0 amide bonds. The highest BCUT2D eigenvalue weighted by molar-refractivity contribution is 4.94.